The van der Waals surface area contributed by atoms with Gasteiger partial charge in [0.25, 0.3) is 0 Å². The molecule has 2 aliphatic heterocycles. The number of aromatic nitrogens is 3. The summed E-state index contributed by atoms with van der Waals surface area (Å²) in [5.41, 5.74) is 6.51. The van der Waals surface area contributed by atoms with Crippen molar-refractivity contribution < 1.29 is 4.79 Å². The number of nitrogens with zero attached hydrogens (tertiary/aromatic N) is 5. The van der Waals surface area contributed by atoms with Crippen LogP contribution in [0.1, 0.15) is 48.3 Å². The maximum absolute atomic E-state index is 13.4. The molecule has 0 saturated carbocycles. The largest absolute Gasteiger partial charge is 0.372 e. The van der Waals surface area contributed by atoms with E-state index < -0.39 is 0 Å². The number of carbonyl (C=O) groups excluding carboxylic acids is 1. The monoisotopic (exact) mass is 508 g/mol. The Bertz CT molecular complexity index is 1410. The molecule has 0 radical (unpaired) electrons. The van der Waals surface area contributed by atoms with Gasteiger partial charge in [0.2, 0.25) is 5.78 Å². The molecule has 38 heavy (non-hydrogen) atoms. The van der Waals surface area contributed by atoms with Gasteiger partial charge in [-0.15, -0.1) is 0 Å². The van der Waals surface area contributed by atoms with Crippen LogP contribution in [0, 0.1) is 0 Å². The third-order valence-electron chi connectivity index (χ3n) is 8.15. The van der Waals surface area contributed by atoms with Crippen molar-refractivity contribution in [1.82, 2.24) is 19.9 Å². The van der Waals surface area contributed by atoms with Crippen LogP contribution in [0.4, 0.5) is 11.4 Å². The van der Waals surface area contributed by atoms with E-state index in [-0.39, 0.29) is 5.78 Å². The highest BCUT2D eigenvalue weighted by atomic mass is 16.1. The second kappa shape index (κ2) is 10.6. The first kappa shape index (κ1) is 24.6. The number of hydrogen-bond donors (Lipinski definition) is 1. The van der Waals surface area contributed by atoms with Crippen molar-refractivity contribution in [2.24, 2.45) is 0 Å². The quantitative estimate of drug-likeness (QED) is 0.353. The number of hydrogen-bond acceptors (Lipinski definition) is 6. The second-order valence-electron chi connectivity index (χ2n) is 10.8. The highest BCUT2D eigenvalue weighted by Crippen LogP contribution is 2.27. The minimum Gasteiger partial charge on any atom is -0.372 e. The number of pyridine rings is 1. The molecule has 6 rings (SSSR count). The molecule has 2 aliphatic rings. The summed E-state index contributed by atoms with van der Waals surface area (Å²) in [7, 11) is 4.32. The Hall–Kier alpha value is -3.71. The molecule has 7 heteroatoms. The molecule has 2 fully saturated rings. The van der Waals surface area contributed by atoms with Gasteiger partial charge in [-0.3, -0.25) is 9.78 Å². The average Bonchev–Trinajstić information content (AvgIpc) is 3.41. The number of ketones is 1. The SMILES string of the molecule is CN(C)C1CCN(c2ccc3nc(C(=O)c4ccnc(-c5ccc(N6CCCCC6)cc5)c4)[nH]c3c2)CC1. The zero-order chi connectivity index (χ0) is 26.1. The summed E-state index contributed by atoms with van der Waals surface area (Å²) >= 11 is 0. The Kier molecular flexibility index (Phi) is 6.85. The Morgan fingerprint density at radius 2 is 1.58 bits per heavy atom. The third-order valence-corrected chi connectivity index (χ3v) is 8.15. The van der Waals surface area contributed by atoms with Gasteiger partial charge in [-0.2, -0.15) is 0 Å². The Morgan fingerprint density at radius 1 is 0.868 bits per heavy atom. The maximum atomic E-state index is 13.4. The normalized spacial score (nSPS) is 16.9. The van der Waals surface area contributed by atoms with Crippen LogP contribution in [0.5, 0.6) is 0 Å². The van der Waals surface area contributed by atoms with Crippen molar-refractivity contribution in [3.05, 3.63) is 72.2 Å². The van der Waals surface area contributed by atoms with Crippen molar-refractivity contribution in [3.63, 3.8) is 0 Å². The number of rotatable bonds is 6. The van der Waals surface area contributed by atoms with E-state index in [9.17, 15) is 4.79 Å². The molecule has 196 valence electrons. The van der Waals surface area contributed by atoms with Crippen molar-refractivity contribution in [1.29, 1.82) is 0 Å². The molecule has 2 saturated heterocycles. The predicted octanol–water partition coefficient (Wildman–Crippen LogP) is 5.38. The zero-order valence-corrected chi connectivity index (χ0v) is 22.4. The fraction of sp³-hybridized carbons (Fsp3) is 0.387. The Labute approximate surface area is 224 Å². The molecule has 0 unspecified atom stereocenters. The number of benzene rings is 2. The number of carbonyl (C=O) groups is 1. The van der Waals surface area contributed by atoms with Crippen LogP contribution in [0.3, 0.4) is 0 Å². The molecule has 4 heterocycles. The van der Waals surface area contributed by atoms with Crippen molar-refractivity contribution in [2.45, 2.75) is 38.1 Å². The molecule has 0 bridgehead atoms. The van der Waals surface area contributed by atoms with Gasteiger partial charge in [0.15, 0.2) is 5.82 Å². The fourth-order valence-electron chi connectivity index (χ4n) is 5.80. The van der Waals surface area contributed by atoms with E-state index in [1.165, 1.54) is 30.6 Å². The molecule has 2 aromatic heterocycles. The van der Waals surface area contributed by atoms with Gasteiger partial charge in [0.1, 0.15) is 0 Å². The van der Waals surface area contributed by atoms with Gasteiger partial charge in [-0.25, -0.2) is 4.98 Å². The topological polar surface area (TPSA) is 68.4 Å². The lowest BCUT2D eigenvalue weighted by molar-refractivity contribution is 0.103. The van der Waals surface area contributed by atoms with Gasteiger partial charge in [-0.05, 0) is 88.7 Å². The van der Waals surface area contributed by atoms with Gasteiger partial charge >= 0.3 is 0 Å². The summed E-state index contributed by atoms with van der Waals surface area (Å²) in [5, 5.41) is 0. The van der Waals surface area contributed by atoms with Gasteiger partial charge in [0, 0.05) is 60.9 Å². The van der Waals surface area contributed by atoms with Crippen LogP contribution < -0.4 is 9.80 Å². The van der Waals surface area contributed by atoms with E-state index >= 15 is 0 Å². The lowest BCUT2D eigenvalue weighted by Gasteiger charge is -2.36. The summed E-state index contributed by atoms with van der Waals surface area (Å²) in [6.45, 7) is 4.31. The van der Waals surface area contributed by atoms with E-state index in [2.05, 4.69) is 80.1 Å². The molecular formula is C31H36N6O. The molecule has 0 atom stereocenters. The van der Waals surface area contributed by atoms with Crippen molar-refractivity contribution in [2.75, 3.05) is 50.1 Å². The Balaban J connectivity index is 1.19. The highest BCUT2D eigenvalue weighted by molar-refractivity contribution is 6.08. The van der Waals surface area contributed by atoms with Crippen LogP contribution in [0.25, 0.3) is 22.3 Å². The molecule has 0 aliphatic carbocycles. The summed E-state index contributed by atoms with van der Waals surface area (Å²) in [4.78, 5) is 33.0. The number of nitrogens with one attached hydrogen (secondary N) is 1. The molecule has 0 amide bonds. The Morgan fingerprint density at radius 3 is 2.32 bits per heavy atom. The first-order valence-corrected chi connectivity index (χ1v) is 13.8. The number of H-pyrrole nitrogens is 1. The maximum Gasteiger partial charge on any atom is 0.228 e. The molecular weight excluding hydrogens is 472 g/mol. The number of imidazole rings is 1. The minimum atomic E-state index is -0.122. The highest BCUT2D eigenvalue weighted by Gasteiger charge is 2.22. The summed E-state index contributed by atoms with van der Waals surface area (Å²) in [5.74, 6) is 0.240. The molecule has 2 aromatic carbocycles. The van der Waals surface area contributed by atoms with Crippen LogP contribution in [0.2, 0.25) is 0 Å². The number of anilines is 2. The van der Waals surface area contributed by atoms with Crippen molar-refractivity contribution >= 4 is 28.2 Å². The first-order valence-electron chi connectivity index (χ1n) is 13.8. The lowest BCUT2D eigenvalue weighted by atomic mass is 10.0. The molecule has 1 N–H and O–H groups in total. The van der Waals surface area contributed by atoms with Crippen LogP contribution >= 0.6 is 0 Å². The molecule has 4 aromatic rings. The molecule has 0 spiro atoms. The van der Waals surface area contributed by atoms with Crippen molar-refractivity contribution in [3.8, 4) is 11.3 Å². The second-order valence-corrected chi connectivity index (χ2v) is 10.8. The number of fused-ring (bicyclic) bond motifs is 1. The lowest BCUT2D eigenvalue weighted by Crippen LogP contribution is -2.41. The van der Waals surface area contributed by atoms with E-state index in [0.29, 0.717) is 17.4 Å². The minimum absolute atomic E-state index is 0.122. The third kappa shape index (κ3) is 5.03. The number of aromatic amines is 1. The van der Waals surface area contributed by atoms with E-state index in [1.807, 2.05) is 12.1 Å². The van der Waals surface area contributed by atoms with Crippen LogP contribution in [0.15, 0.2) is 60.8 Å². The summed E-state index contributed by atoms with van der Waals surface area (Å²) < 4.78 is 0. The van der Waals surface area contributed by atoms with Gasteiger partial charge in [0.05, 0.1) is 16.7 Å². The van der Waals surface area contributed by atoms with Crippen LogP contribution in [-0.2, 0) is 0 Å². The predicted molar refractivity (Wildman–Crippen MR) is 154 cm³/mol. The molecule has 7 nitrogen and oxygen atoms in total. The number of piperidine rings is 2. The standard InChI is InChI=1S/C31H36N6O/c1-35(2)24-13-18-37(19-14-24)26-10-11-27-29(21-26)34-31(33-27)30(38)23-12-15-32-28(20-23)22-6-8-25(9-7-22)36-16-4-3-5-17-36/h6-12,15,20-21,24H,3-5,13-14,16-19H2,1-2H3,(H,33,34). The summed E-state index contributed by atoms with van der Waals surface area (Å²) in [6.07, 6.45) is 7.85. The first-order chi connectivity index (χ1) is 18.5. The van der Waals surface area contributed by atoms with Gasteiger partial charge in [-0.1, -0.05) is 12.1 Å². The van der Waals surface area contributed by atoms with E-state index in [0.717, 1.165) is 61.3 Å². The van der Waals surface area contributed by atoms with E-state index in [1.54, 1.807) is 12.3 Å². The fourth-order valence-corrected chi connectivity index (χ4v) is 5.80. The summed E-state index contributed by atoms with van der Waals surface area (Å²) in [6, 6.07) is 19.1. The zero-order valence-electron chi connectivity index (χ0n) is 22.4. The smallest absolute Gasteiger partial charge is 0.228 e. The van der Waals surface area contributed by atoms with E-state index in [4.69, 9.17) is 0 Å². The van der Waals surface area contributed by atoms with Gasteiger partial charge < -0.3 is 19.7 Å². The van der Waals surface area contributed by atoms with Crippen LogP contribution in [-0.4, -0.2) is 72.0 Å². The average molecular weight is 509 g/mol.